The second-order valence-corrected chi connectivity index (χ2v) is 10.3. The number of carbonyl (C=O) groups is 2. The molecule has 1 aliphatic heterocycles. The molecule has 36 heavy (non-hydrogen) atoms. The highest BCUT2D eigenvalue weighted by Gasteiger charge is 2.60. The molecule has 1 aromatic carbocycles. The molecule has 190 valence electrons. The molecule has 2 atom stereocenters. The van der Waals surface area contributed by atoms with Gasteiger partial charge in [0.05, 0.1) is 10.6 Å². The second kappa shape index (κ2) is 10.6. The molecule has 2 aromatic rings. The average Bonchev–Trinajstić information content (AvgIpc) is 3.84. The van der Waals surface area contributed by atoms with Gasteiger partial charge in [-0.3, -0.25) is 19.6 Å². The Hall–Kier alpha value is -2.97. The molecule has 0 spiro atoms. The molecule has 8 nitrogen and oxygen atoms in total. The minimum atomic E-state index is -0.964. The van der Waals surface area contributed by atoms with E-state index in [4.69, 9.17) is 16.6 Å². The highest BCUT2D eigenvalue weighted by Crippen LogP contribution is 2.48. The Balaban J connectivity index is 1.34. The molecule has 2 amide bonds. The number of hydrogen-bond acceptors (Lipinski definition) is 5. The topological polar surface area (TPSA) is 98.1 Å². The van der Waals surface area contributed by atoms with E-state index in [0.717, 1.165) is 17.9 Å². The van der Waals surface area contributed by atoms with Crippen LogP contribution >= 0.6 is 11.6 Å². The molecule has 0 radical (unpaired) electrons. The molecule has 1 aromatic heterocycles. The Morgan fingerprint density at radius 3 is 2.50 bits per heavy atom. The summed E-state index contributed by atoms with van der Waals surface area (Å²) in [6.45, 7) is 2.70. The number of aliphatic hydroxyl groups excluding tert-OH is 1. The van der Waals surface area contributed by atoms with E-state index in [2.05, 4.69) is 15.2 Å². The van der Waals surface area contributed by atoms with Crippen LogP contribution in [0.3, 0.4) is 0 Å². The Morgan fingerprint density at radius 2 is 1.86 bits per heavy atom. The molecule has 1 saturated heterocycles. The van der Waals surface area contributed by atoms with Gasteiger partial charge in [-0.05, 0) is 43.0 Å². The number of aliphatic imine (C=N–C) groups is 1. The van der Waals surface area contributed by atoms with Crippen LogP contribution in [0.5, 0.6) is 0 Å². The maximum Gasteiger partial charge on any atom is 0.255 e. The number of pyridine rings is 1. The van der Waals surface area contributed by atoms with Crippen molar-refractivity contribution in [2.24, 2.45) is 16.8 Å². The number of nitrogens with zero attached hydrogens (tertiary/aromatic N) is 4. The van der Waals surface area contributed by atoms with Gasteiger partial charge in [0.1, 0.15) is 11.4 Å². The van der Waals surface area contributed by atoms with E-state index < -0.39 is 5.54 Å². The number of aromatic nitrogens is 1. The van der Waals surface area contributed by atoms with Crippen molar-refractivity contribution in [2.45, 2.75) is 31.2 Å². The number of aliphatic hydroxyl groups is 1. The summed E-state index contributed by atoms with van der Waals surface area (Å²) in [5, 5.41) is 13.4. The largest absolute Gasteiger partial charge is 0.396 e. The number of amides is 2. The van der Waals surface area contributed by atoms with Crippen molar-refractivity contribution < 1.29 is 14.7 Å². The van der Waals surface area contributed by atoms with Crippen molar-refractivity contribution in [1.82, 2.24) is 20.1 Å². The zero-order valence-corrected chi connectivity index (χ0v) is 21.0. The van der Waals surface area contributed by atoms with Crippen LogP contribution in [0.4, 0.5) is 0 Å². The minimum absolute atomic E-state index is 0.0834. The standard InChI is InChI=1S/C27H32ClN5O3/c28-23-6-2-1-5-22(23)25(35)33-14-12-32(13-15-33)24(20-4-3-10-29-17-20)31-27(16-21(27)18-34)26(36)30-11-9-19-7-8-19/h1-6,10,17,19,21,34H,7-9,11-16,18H2,(H,30,36). The van der Waals surface area contributed by atoms with Gasteiger partial charge in [-0.1, -0.05) is 36.6 Å². The molecule has 2 saturated carbocycles. The fourth-order valence-corrected chi connectivity index (χ4v) is 5.09. The molecule has 2 N–H and O–H groups in total. The third-order valence-corrected chi connectivity index (χ3v) is 7.75. The molecular weight excluding hydrogens is 478 g/mol. The number of amidine groups is 1. The van der Waals surface area contributed by atoms with E-state index in [9.17, 15) is 14.7 Å². The van der Waals surface area contributed by atoms with Crippen LogP contribution in [-0.2, 0) is 4.79 Å². The molecule has 2 unspecified atom stereocenters. The van der Waals surface area contributed by atoms with E-state index in [0.29, 0.717) is 55.6 Å². The first-order valence-electron chi connectivity index (χ1n) is 12.7. The molecule has 0 bridgehead atoms. The van der Waals surface area contributed by atoms with Gasteiger partial charge >= 0.3 is 0 Å². The third-order valence-electron chi connectivity index (χ3n) is 7.42. The van der Waals surface area contributed by atoms with Crippen LogP contribution in [0.1, 0.15) is 41.6 Å². The highest BCUT2D eigenvalue weighted by molar-refractivity contribution is 6.33. The lowest BCUT2D eigenvalue weighted by Crippen LogP contribution is -2.51. The van der Waals surface area contributed by atoms with Gasteiger partial charge in [-0.15, -0.1) is 0 Å². The summed E-state index contributed by atoms with van der Waals surface area (Å²) in [5.41, 5.74) is 0.352. The van der Waals surface area contributed by atoms with Crippen LogP contribution < -0.4 is 5.32 Å². The lowest BCUT2D eigenvalue weighted by Gasteiger charge is -2.37. The number of piperazine rings is 1. The smallest absolute Gasteiger partial charge is 0.255 e. The summed E-state index contributed by atoms with van der Waals surface area (Å²) in [4.78, 5) is 39.5. The summed E-state index contributed by atoms with van der Waals surface area (Å²) < 4.78 is 0. The fourth-order valence-electron chi connectivity index (χ4n) is 4.88. The van der Waals surface area contributed by atoms with E-state index in [1.807, 2.05) is 24.3 Å². The van der Waals surface area contributed by atoms with E-state index >= 15 is 0 Å². The van der Waals surface area contributed by atoms with Crippen LogP contribution in [0.2, 0.25) is 5.02 Å². The molecule has 5 rings (SSSR count). The van der Waals surface area contributed by atoms with Crippen LogP contribution in [0.25, 0.3) is 0 Å². The summed E-state index contributed by atoms with van der Waals surface area (Å²) in [5.74, 6) is 1.01. The summed E-state index contributed by atoms with van der Waals surface area (Å²) >= 11 is 6.25. The lowest BCUT2D eigenvalue weighted by molar-refractivity contribution is -0.123. The first kappa shape index (κ1) is 24.7. The van der Waals surface area contributed by atoms with Crippen molar-refractivity contribution in [3.05, 3.63) is 64.9 Å². The molecule has 3 fully saturated rings. The normalized spacial score (nSPS) is 23.9. The number of rotatable bonds is 8. The lowest BCUT2D eigenvalue weighted by atomic mass is 10.1. The van der Waals surface area contributed by atoms with Crippen molar-refractivity contribution in [3.8, 4) is 0 Å². The zero-order chi connectivity index (χ0) is 25.1. The molecule has 9 heteroatoms. The summed E-state index contributed by atoms with van der Waals surface area (Å²) in [6, 6.07) is 10.9. The predicted molar refractivity (Wildman–Crippen MR) is 138 cm³/mol. The van der Waals surface area contributed by atoms with Crippen molar-refractivity contribution in [2.75, 3.05) is 39.3 Å². The monoisotopic (exact) mass is 509 g/mol. The number of nitrogens with one attached hydrogen (secondary N) is 1. The van der Waals surface area contributed by atoms with E-state index in [1.54, 1.807) is 29.4 Å². The van der Waals surface area contributed by atoms with Gasteiger partial charge in [0.25, 0.3) is 5.91 Å². The number of hydrogen-bond donors (Lipinski definition) is 2. The first-order valence-corrected chi connectivity index (χ1v) is 13.1. The summed E-state index contributed by atoms with van der Waals surface area (Å²) in [6.07, 6.45) is 7.45. The highest BCUT2D eigenvalue weighted by atomic mass is 35.5. The Bertz CT molecular complexity index is 1130. The van der Waals surface area contributed by atoms with Crippen molar-refractivity contribution in [3.63, 3.8) is 0 Å². The van der Waals surface area contributed by atoms with E-state index in [1.165, 1.54) is 12.8 Å². The average molecular weight is 510 g/mol. The maximum absolute atomic E-state index is 13.2. The third kappa shape index (κ3) is 5.25. The van der Waals surface area contributed by atoms with Gasteiger partial charge in [0, 0.05) is 63.2 Å². The predicted octanol–water partition coefficient (Wildman–Crippen LogP) is 2.61. The Kier molecular flexibility index (Phi) is 7.25. The number of benzene rings is 1. The van der Waals surface area contributed by atoms with Gasteiger partial charge in [-0.2, -0.15) is 0 Å². The minimum Gasteiger partial charge on any atom is -0.396 e. The Labute approximate surface area is 216 Å². The molecule has 3 aliphatic rings. The first-order chi connectivity index (χ1) is 17.5. The van der Waals surface area contributed by atoms with Crippen molar-refractivity contribution >= 4 is 29.3 Å². The maximum atomic E-state index is 13.2. The molecule has 2 heterocycles. The van der Waals surface area contributed by atoms with Gasteiger partial charge < -0.3 is 20.2 Å². The van der Waals surface area contributed by atoms with Crippen molar-refractivity contribution in [1.29, 1.82) is 0 Å². The SMILES string of the molecule is O=C(c1ccccc1Cl)N1CCN(C(=NC2(C(=O)NCCC3CC3)CC2CO)c2cccnc2)CC1. The van der Waals surface area contributed by atoms with Gasteiger partial charge in [0.15, 0.2) is 0 Å². The molecule has 2 aliphatic carbocycles. The Morgan fingerprint density at radius 1 is 1.11 bits per heavy atom. The van der Waals surface area contributed by atoms with E-state index in [-0.39, 0.29) is 24.3 Å². The van der Waals surface area contributed by atoms with Crippen LogP contribution in [-0.4, -0.2) is 82.4 Å². The quantitative estimate of drug-likeness (QED) is 0.421. The molecular formula is C27H32ClN5O3. The fraction of sp³-hybridized carbons (Fsp3) is 0.481. The number of carbonyl (C=O) groups excluding carboxylic acids is 2. The number of halogens is 1. The van der Waals surface area contributed by atoms with Gasteiger partial charge in [-0.25, -0.2) is 0 Å². The summed E-state index contributed by atoms with van der Waals surface area (Å²) in [7, 11) is 0. The zero-order valence-electron chi connectivity index (χ0n) is 20.3. The van der Waals surface area contributed by atoms with Crippen LogP contribution in [0.15, 0.2) is 53.8 Å². The van der Waals surface area contributed by atoms with Gasteiger partial charge in [0.2, 0.25) is 5.91 Å². The van der Waals surface area contributed by atoms with Crippen LogP contribution in [0, 0.1) is 11.8 Å². The second-order valence-electron chi connectivity index (χ2n) is 9.93.